The number of carbonyl (C=O) groups is 1. The lowest BCUT2D eigenvalue weighted by Gasteiger charge is -2.06. The van der Waals surface area contributed by atoms with Crippen molar-refractivity contribution in [2.24, 2.45) is 0 Å². The number of hydrogen-bond donors (Lipinski definition) is 1. The summed E-state index contributed by atoms with van der Waals surface area (Å²) in [7, 11) is 0. The largest absolute Gasteiger partial charge is 0.436 e. The molecule has 0 saturated carbocycles. The van der Waals surface area contributed by atoms with Crippen molar-refractivity contribution in [1.82, 2.24) is 24.9 Å². The molecule has 0 aliphatic heterocycles. The molecule has 0 saturated heterocycles. The maximum atomic E-state index is 12.7. The molecular formula is C14H17ClF3N5O. The number of nitrogens with zero attached hydrogens (tertiary/aromatic N) is 4. The Balaban J connectivity index is 1.87. The molecule has 24 heavy (non-hydrogen) atoms. The van der Waals surface area contributed by atoms with Gasteiger partial charge in [0.1, 0.15) is 0 Å². The topological polar surface area (TPSA) is 64.7 Å². The maximum absolute atomic E-state index is 12.7. The number of aromatic nitrogens is 4. The molecule has 10 heteroatoms. The van der Waals surface area contributed by atoms with Crippen molar-refractivity contribution in [2.75, 3.05) is 6.54 Å². The summed E-state index contributed by atoms with van der Waals surface area (Å²) in [4.78, 5) is 11.9. The summed E-state index contributed by atoms with van der Waals surface area (Å²) in [6.45, 7) is 4.56. The lowest BCUT2D eigenvalue weighted by atomic mass is 10.3. The molecule has 0 radical (unpaired) electrons. The highest BCUT2D eigenvalue weighted by Crippen LogP contribution is 2.35. The Bertz CT molecular complexity index is 723. The average Bonchev–Trinajstić information content (AvgIpc) is 3.10. The van der Waals surface area contributed by atoms with Crippen LogP contribution in [-0.2, 0) is 19.3 Å². The summed E-state index contributed by atoms with van der Waals surface area (Å²) >= 11 is 5.68. The van der Waals surface area contributed by atoms with Gasteiger partial charge in [0.05, 0.1) is 22.5 Å². The molecule has 0 unspecified atom stereocenters. The Morgan fingerprint density at radius 2 is 2.12 bits per heavy atom. The third-order valence-corrected chi connectivity index (χ3v) is 3.91. The van der Waals surface area contributed by atoms with E-state index in [0.717, 1.165) is 0 Å². The van der Waals surface area contributed by atoms with Crippen molar-refractivity contribution < 1.29 is 18.0 Å². The van der Waals surface area contributed by atoms with Crippen molar-refractivity contribution in [1.29, 1.82) is 0 Å². The van der Waals surface area contributed by atoms with E-state index >= 15 is 0 Å². The smallest absolute Gasteiger partial charge is 0.352 e. The number of aryl methyl sites for hydroxylation is 2. The monoisotopic (exact) mass is 363 g/mol. The third kappa shape index (κ3) is 4.08. The van der Waals surface area contributed by atoms with Crippen molar-refractivity contribution >= 4 is 17.5 Å². The first-order valence-corrected chi connectivity index (χ1v) is 7.72. The van der Waals surface area contributed by atoms with Crippen molar-refractivity contribution in [3.63, 3.8) is 0 Å². The standard InChI is InChI=1S/C14H17ClF3N5O/c1-3-22-8-10(7-20-22)13(24)19-5-4-6-23-9(2)11(15)12(21-23)14(16,17)18/h7-8H,3-6H2,1-2H3,(H,19,24). The molecule has 0 aliphatic carbocycles. The highest BCUT2D eigenvalue weighted by atomic mass is 35.5. The van der Waals surface area contributed by atoms with Gasteiger partial charge in [-0.25, -0.2) is 0 Å². The highest BCUT2D eigenvalue weighted by Gasteiger charge is 2.38. The van der Waals surface area contributed by atoms with Gasteiger partial charge in [-0.2, -0.15) is 23.4 Å². The molecule has 0 aromatic carbocycles. The van der Waals surface area contributed by atoms with Gasteiger partial charge >= 0.3 is 6.18 Å². The minimum atomic E-state index is -4.58. The van der Waals surface area contributed by atoms with Crippen LogP contribution in [0, 0.1) is 6.92 Å². The first-order valence-electron chi connectivity index (χ1n) is 7.34. The van der Waals surface area contributed by atoms with E-state index in [1.54, 1.807) is 10.9 Å². The fourth-order valence-corrected chi connectivity index (χ4v) is 2.35. The van der Waals surface area contributed by atoms with Crippen LogP contribution in [0.1, 0.15) is 35.1 Å². The van der Waals surface area contributed by atoms with Gasteiger partial charge in [0.15, 0.2) is 5.69 Å². The van der Waals surface area contributed by atoms with E-state index in [0.29, 0.717) is 25.1 Å². The number of carbonyl (C=O) groups excluding carboxylic acids is 1. The summed E-state index contributed by atoms with van der Waals surface area (Å²) in [5.41, 5.74) is -0.397. The Hall–Kier alpha value is -2.03. The molecule has 2 rings (SSSR count). The molecule has 0 atom stereocenters. The lowest BCUT2D eigenvalue weighted by molar-refractivity contribution is -0.141. The van der Waals surface area contributed by atoms with E-state index in [-0.39, 0.29) is 18.1 Å². The summed E-state index contributed by atoms with van der Waals surface area (Å²) in [5.74, 6) is -0.277. The second-order valence-electron chi connectivity index (χ2n) is 5.16. The van der Waals surface area contributed by atoms with Crippen LogP contribution < -0.4 is 5.32 Å². The molecule has 0 fully saturated rings. The molecule has 1 N–H and O–H groups in total. The number of rotatable bonds is 6. The molecule has 2 heterocycles. The van der Waals surface area contributed by atoms with E-state index < -0.39 is 16.9 Å². The van der Waals surface area contributed by atoms with Crippen molar-refractivity contribution in [2.45, 2.75) is 39.5 Å². The Labute approximate surface area is 141 Å². The van der Waals surface area contributed by atoms with Crippen LogP contribution >= 0.6 is 11.6 Å². The Morgan fingerprint density at radius 3 is 2.67 bits per heavy atom. The minimum absolute atomic E-state index is 0.218. The summed E-state index contributed by atoms with van der Waals surface area (Å²) < 4.78 is 41.0. The van der Waals surface area contributed by atoms with Gasteiger partial charge in [-0.1, -0.05) is 11.6 Å². The van der Waals surface area contributed by atoms with Gasteiger partial charge in [0.2, 0.25) is 0 Å². The molecule has 0 bridgehead atoms. The van der Waals surface area contributed by atoms with Gasteiger partial charge in [0.25, 0.3) is 5.91 Å². The lowest BCUT2D eigenvalue weighted by Crippen LogP contribution is -2.25. The minimum Gasteiger partial charge on any atom is -0.352 e. The van der Waals surface area contributed by atoms with E-state index in [2.05, 4.69) is 15.5 Å². The molecule has 6 nitrogen and oxygen atoms in total. The van der Waals surface area contributed by atoms with Crippen LogP contribution in [0.2, 0.25) is 5.02 Å². The zero-order chi connectivity index (χ0) is 17.9. The number of hydrogen-bond acceptors (Lipinski definition) is 3. The van der Waals surface area contributed by atoms with Crippen LogP contribution in [0.25, 0.3) is 0 Å². The quantitative estimate of drug-likeness (QED) is 0.803. The Morgan fingerprint density at radius 1 is 1.42 bits per heavy atom. The van der Waals surface area contributed by atoms with Gasteiger partial charge in [0, 0.05) is 25.8 Å². The zero-order valence-corrected chi connectivity index (χ0v) is 13.9. The molecule has 1 amide bonds. The number of halogens is 4. The van der Waals surface area contributed by atoms with Crippen LogP contribution in [0.3, 0.4) is 0 Å². The number of amides is 1. The number of alkyl halides is 3. The normalized spacial score (nSPS) is 11.8. The molecule has 132 valence electrons. The van der Waals surface area contributed by atoms with E-state index in [9.17, 15) is 18.0 Å². The molecule has 0 spiro atoms. The van der Waals surface area contributed by atoms with E-state index in [1.165, 1.54) is 17.8 Å². The fourth-order valence-electron chi connectivity index (χ4n) is 2.11. The van der Waals surface area contributed by atoms with E-state index in [1.807, 2.05) is 6.92 Å². The van der Waals surface area contributed by atoms with Gasteiger partial charge in [-0.15, -0.1) is 0 Å². The van der Waals surface area contributed by atoms with E-state index in [4.69, 9.17) is 11.6 Å². The molecular weight excluding hydrogens is 347 g/mol. The average molecular weight is 364 g/mol. The molecule has 0 aliphatic rings. The highest BCUT2D eigenvalue weighted by molar-refractivity contribution is 6.31. The second kappa shape index (κ2) is 7.25. The second-order valence-corrected chi connectivity index (χ2v) is 5.54. The summed E-state index contributed by atoms with van der Waals surface area (Å²) in [5, 5.41) is 9.80. The first kappa shape index (κ1) is 18.3. The molecule has 2 aromatic heterocycles. The van der Waals surface area contributed by atoms with Crippen LogP contribution in [-0.4, -0.2) is 32.0 Å². The Kier molecular flexibility index (Phi) is 5.53. The maximum Gasteiger partial charge on any atom is 0.436 e. The van der Waals surface area contributed by atoms with Crippen molar-refractivity contribution in [3.05, 3.63) is 34.4 Å². The van der Waals surface area contributed by atoms with Gasteiger partial charge in [-0.3, -0.25) is 14.2 Å². The summed E-state index contributed by atoms with van der Waals surface area (Å²) in [6.07, 6.45) is -1.07. The predicted molar refractivity (Wildman–Crippen MR) is 81.8 cm³/mol. The van der Waals surface area contributed by atoms with Gasteiger partial charge < -0.3 is 5.32 Å². The zero-order valence-electron chi connectivity index (χ0n) is 13.2. The summed E-state index contributed by atoms with van der Waals surface area (Å²) in [6, 6.07) is 0. The van der Waals surface area contributed by atoms with Crippen LogP contribution in [0.5, 0.6) is 0 Å². The SMILES string of the molecule is CCn1cc(C(=O)NCCCn2nc(C(F)(F)F)c(Cl)c2C)cn1. The third-order valence-electron chi connectivity index (χ3n) is 3.45. The van der Waals surface area contributed by atoms with Crippen molar-refractivity contribution in [3.8, 4) is 0 Å². The first-order chi connectivity index (χ1) is 11.2. The fraction of sp³-hybridized carbons (Fsp3) is 0.500. The van der Waals surface area contributed by atoms with Gasteiger partial charge in [-0.05, 0) is 20.3 Å². The number of nitrogens with one attached hydrogen (secondary N) is 1. The van der Waals surface area contributed by atoms with Crippen LogP contribution in [0.15, 0.2) is 12.4 Å². The van der Waals surface area contributed by atoms with Crippen LogP contribution in [0.4, 0.5) is 13.2 Å². The molecule has 2 aromatic rings. The predicted octanol–water partition coefficient (Wildman–Crippen LogP) is 2.90.